The van der Waals surface area contributed by atoms with E-state index in [9.17, 15) is 0 Å². The van der Waals surface area contributed by atoms with Crippen LogP contribution in [0.2, 0.25) is 0 Å². The Labute approximate surface area is 93.1 Å². The van der Waals surface area contributed by atoms with Gasteiger partial charge in [0.05, 0.1) is 0 Å². The minimum absolute atomic E-state index is 0.647. The van der Waals surface area contributed by atoms with E-state index < -0.39 is 0 Å². The second-order valence-corrected chi connectivity index (χ2v) is 4.53. The van der Waals surface area contributed by atoms with Gasteiger partial charge in [-0.15, -0.1) is 0 Å². The van der Waals surface area contributed by atoms with Gasteiger partial charge in [-0.1, -0.05) is 37.6 Å². The van der Waals surface area contributed by atoms with Crippen LogP contribution in [0.25, 0.3) is 0 Å². The highest BCUT2D eigenvalue weighted by Gasteiger charge is 2.20. The van der Waals surface area contributed by atoms with E-state index in [1.807, 2.05) is 0 Å². The summed E-state index contributed by atoms with van der Waals surface area (Å²) in [7, 11) is 2.24. The molecule has 1 aromatic rings. The van der Waals surface area contributed by atoms with Crippen molar-refractivity contribution in [3.8, 4) is 0 Å². The van der Waals surface area contributed by atoms with Gasteiger partial charge in [0.15, 0.2) is 0 Å². The van der Waals surface area contributed by atoms with E-state index in [0.29, 0.717) is 6.04 Å². The van der Waals surface area contributed by atoms with Crippen LogP contribution < -0.4 is 0 Å². The van der Waals surface area contributed by atoms with Gasteiger partial charge >= 0.3 is 0 Å². The summed E-state index contributed by atoms with van der Waals surface area (Å²) < 4.78 is 0. The summed E-state index contributed by atoms with van der Waals surface area (Å²) >= 11 is 0. The standard InChI is InChI=1S/C14H21N/c1-3-15(2)14-11-7-5-9-12-8-4-6-10-13(12)14/h4,6,8,10,14H,3,5,7,9,11H2,1-2H3. The van der Waals surface area contributed by atoms with Crippen molar-refractivity contribution < 1.29 is 0 Å². The van der Waals surface area contributed by atoms with Crippen molar-refractivity contribution in [2.45, 2.75) is 38.6 Å². The third-order valence-electron chi connectivity index (χ3n) is 3.62. The fourth-order valence-electron chi connectivity index (χ4n) is 2.57. The average molecular weight is 203 g/mol. The van der Waals surface area contributed by atoms with E-state index in [0.717, 1.165) is 6.54 Å². The lowest BCUT2D eigenvalue weighted by atomic mass is 9.98. The fourth-order valence-corrected chi connectivity index (χ4v) is 2.57. The third-order valence-corrected chi connectivity index (χ3v) is 3.62. The Morgan fingerprint density at radius 1 is 1.27 bits per heavy atom. The number of hydrogen-bond acceptors (Lipinski definition) is 1. The van der Waals surface area contributed by atoms with Crippen LogP contribution in [-0.4, -0.2) is 18.5 Å². The predicted molar refractivity (Wildman–Crippen MR) is 65.0 cm³/mol. The van der Waals surface area contributed by atoms with Crippen LogP contribution in [0, 0.1) is 0 Å². The molecule has 0 saturated heterocycles. The normalized spacial score (nSPS) is 21.1. The summed E-state index contributed by atoms with van der Waals surface area (Å²) in [6.07, 6.45) is 5.31. The largest absolute Gasteiger partial charge is 0.300 e. The van der Waals surface area contributed by atoms with Gasteiger partial charge in [-0.3, -0.25) is 4.90 Å². The van der Waals surface area contributed by atoms with Crippen molar-refractivity contribution in [3.63, 3.8) is 0 Å². The van der Waals surface area contributed by atoms with Crippen LogP contribution in [0.1, 0.15) is 43.4 Å². The first-order valence-electron chi connectivity index (χ1n) is 6.11. The molecule has 2 rings (SSSR count). The number of rotatable bonds is 2. The second-order valence-electron chi connectivity index (χ2n) is 4.53. The summed E-state index contributed by atoms with van der Waals surface area (Å²) in [5, 5.41) is 0. The van der Waals surface area contributed by atoms with Gasteiger partial charge < -0.3 is 0 Å². The predicted octanol–water partition coefficient (Wildman–Crippen LogP) is 3.41. The molecule has 82 valence electrons. The van der Waals surface area contributed by atoms with Crippen molar-refractivity contribution in [2.24, 2.45) is 0 Å². The maximum Gasteiger partial charge on any atom is 0.0347 e. The molecule has 0 saturated carbocycles. The Kier molecular flexibility index (Phi) is 3.42. The number of nitrogens with zero attached hydrogens (tertiary/aromatic N) is 1. The molecule has 1 aromatic carbocycles. The molecule has 0 radical (unpaired) electrons. The van der Waals surface area contributed by atoms with Crippen molar-refractivity contribution in [1.82, 2.24) is 4.90 Å². The molecular weight excluding hydrogens is 182 g/mol. The average Bonchev–Trinajstić information content (AvgIpc) is 2.50. The van der Waals surface area contributed by atoms with Gasteiger partial charge in [0.25, 0.3) is 0 Å². The number of benzene rings is 1. The maximum absolute atomic E-state index is 2.48. The topological polar surface area (TPSA) is 3.24 Å². The van der Waals surface area contributed by atoms with Crippen LogP contribution >= 0.6 is 0 Å². The smallest absolute Gasteiger partial charge is 0.0347 e. The fraction of sp³-hybridized carbons (Fsp3) is 0.571. The molecule has 1 nitrogen and oxygen atoms in total. The van der Waals surface area contributed by atoms with E-state index in [2.05, 4.69) is 43.1 Å². The van der Waals surface area contributed by atoms with Crippen LogP contribution in [-0.2, 0) is 6.42 Å². The van der Waals surface area contributed by atoms with E-state index >= 15 is 0 Å². The lowest BCUT2D eigenvalue weighted by Crippen LogP contribution is -2.24. The van der Waals surface area contributed by atoms with E-state index in [1.54, 1.807) is 11.1 Å². The summed E-state index contributed by atoms with van der Waals surface area (Å²) in [5.41, 5.74) is 3.14. The minimum Gasteiger partial charge on any atom is -0.300 e. The number of aryl methyl sites for hydroxylation is 1. The number of hydrogen-bond donors (Lipinski definition) is 0. The zero-order chi connectivity index (χ0) is 10.7. The van der Waals surface area contributed by atoms with Gasteiger partial charge in [0, 0.05) is 6.04 Å². The highest BCUT2D eigenvalue weighted by atomic mass is 15.1. The van der Waals surface area contributed by atoms with Crippen molar-refractivity contribution in [2.75, 3.05) is 13.6 Å². The Balaban J connectivity index is 2.32. The molecule has 1 aliphatic carbocycles. The Morgan fingerprint density at radius 2 is 2.07 bits per heavy atom. The van der Waals surface area contributed by atoms with Crippen molar-refractivity contribution >= 4 is 0 Å². The molecule has 0 heterocycles. The minimum atomic E-state index is 0.647. The quantitative estimate of drug-likeness (QED) is 0.666. The molecule has 0 amide bonds. The second kappa shape index (κ2) is 4.80. The van der Waals surface area contributed by atoms with Gasteiger partial charge in [0.1, 0.15) is 0 Å². The molecule has 0 spiro atoms. The van der Waals surface area contributed by atoms with E-state index in [1.165, 1.54) is 25.7 Å². The van der Waals surface area contributed by atoms with Crippen LogP contribution in [0.4, 0.5) is 0 Å². The van der Waals surface area contributed by atoms with Crippen molar-refractivity contribution in [1.29, 1.82) is 0 Å². The molecule has 15 heavy (non-hydrogen) atoms. The summed E-state index contributed by atoms with van der Waals surface area (Å²) in [5.74, 6) is 0. The lowest BCUT2D eigenvalue weighted by molar-refractivity contribution is 0.243. The third kappa shape index (κ3) is 2.23. The van der Waals surface area contributed by atoms with E-state index in [4.69, 9.17) is 0 Å². The molecule has 0 aliphatic heterocycles. The van der Waals surface area contributed by atoms with Crippen LogP contribution in [0.3, 0.4) is 0 Å². The molecule has 1 heteroatoms. The summed E-state index contributed by atoms with van der Waals surface area (Å²) in [4.78, 5) is 2.48. The highest BCUT2D eigenvalue weighted by Crippen LogP contribution is 2.31. The maximum atomic E-state index is 2.48. The van der Waals surface area contributed by atoms with E-state index in [-0.39, 0.29) is 0 Å². The highest BCUT2D eigenvalue weighted by molar-refractivity contribution is 5.31. The summed E-state index contributed by atoms with van der Waals surface area (Å²) in [6.45, 7) is 3.38. The zero-order valence-electron chi connectivity index (χ0n) is 9.87. The van der Waals surface area contributed by atoms with Gasteiger partial charge in [-0.05, 0) is 44.0 Å². The zero-order valence-corrected chi connectivity index (χ0v) is 9.87. The monoisotopic (exact) mass is 203 g/mol. The van der Waals surface area contributed by atoms with Crippen LogP contribution in [0.15, 0.2) is 24.3 Å². The van der Waals surface area contributed by atoms with Gasteiger partial charge in [-0.25, -0.2) is 0 Å². The molecule has 1 aliphatic rings. The Hall–Kier alpha value is -0.820. The molecule has 0 bridgehead atoms. The first kappa shape index (κ1) is 10.7. The summed E-state index contributed by atoms with van der Waals surface area (Å²) in [6, 6.07) is 9.62. The molecule has 0 aromatic heterocycles. The SMILES string of the molecule is CCN(C)C1CCCCc2ccccc21. The molecular formula is C14H21N. The lowest BCUT2D eigenvalue weighted by Gasteiger charge is -2.27. The van der Waals surface area contributed by atoms with Gasteiger partial charge in [-0.2, -0.15) is 0 Å². The first-order chi connectivity index (χ1) is 7.33. The number of fused-ring (bicyclic) bond motifs is 1. The van der Waals surface area contributed by atoms with Crippen molar-refractivity contribution in [3.05, 3.63) is 35.4 Å². The molecule has 0 N–H and O–H groups in total. The molecule has 1 unspecified atom stereocenters. The first-order valence-corrected chi connectivity index (χ1v) is 6.11. The Morgan fingerprint density at radius 3 is 2.87 bits per heavy atom. The van der Waals surface area contributed by atoms with Gasteiger partial charge in [0.2, 0.25) is 0 Å². The molecule has 0 fully saturated rings. The van der Waals surface area contributed by atoms with Crippen LogP contribution in [0.5, 0.6) is 0 Å². The molecule has 1 atom stereocenters. The Bertz CT molecular complexity index is 319.